The van der Waals surface area contributed by atoms with Crippen LogP contribution >= 0.6 is 11.3 Å². The zero-order valence-electron chi connectivity index (χ0n) is 21.2. The van der Waals surface area contributed by atoms with Crippen LogP contribution in [-0.2, 0) is 18.2 Å². The summed E-state index contributed by atoms with van der Waals surface area (Å²) in [6.07, 6.45) is 2.81. The highest BCUT2D eigenvalue weighted by Gasteiger charge is 2.20. The van der Waals surface area contributed by atoms with E-state index >= 15 is 0 Å². The molecule has 0 fully saturated rings. The lowest BCUT2D eigenvalue weighted by Crippen LogP contribution is -2.08. The smallest absolute Gasteiger partial charge is 0.343 e. The summed E-state index contributed by atoms with van der Waals surface area (Å²) in [5, 5.41) is 0.990. The first-order chi connectivity index (χ1) is 15.4. The Kier molecular flexibility index (Phi) is 13.9. The van der Waals surface area contributed by atoms with E-state index in [9.17, 15) is 9.59 Å². The van der Waals surface area contributed by atoms with Crippen molar-refractivity contribution in [3.05, 3.63) is 35.0 Å². The Labute approximate surface area is 196 Å². The number of pyridine rings is 1. The van der Waals surface area contributed by atoms with E-state index in [-0.39, 0.29) is 5.88 Å². The predicted molar refractivity (Wildman–Crippen MR) is 135 cm³/mol. The number of carbonyl (C=O) groups excluding carboxylic acids is 2. The molecule has 0 radical (unpaired) electrons. The van der Waals surface area contributed by atoms with Gasteiger partial charge in [0.25, 0.3) is 0 Å². The third-order valence-electron chi connectivity index (χ3n) is 4.14. The molecule has 0 aliphatic carbocycles. The van der Waals surface area contributed by atoms with Gasteiger partial charge in [-0.1, -0.05) is 54.9 Å². The summed E-state index contributed by atoms with van der Waals surface area (Å²) >= 11 is 1.55. The number of fused-ring (bicyclic) bond motifs is 1. The average molecular weight is 463 g/mol. The second-order valence-electron chi connectivity index (χ2n) is 6.22. The van der Waals surface area contributed by atoms with Gasteiger partial charge in [0.15, 0.2) is 6.29 Å². The van der Waals surface area contributed by atoms with Gasteiger partial charge in [-0.25, -0.2) is 9.78 Å². The molecule has 0 saturated heterocycles. The van der Waals surface area contributed by atoms with Gasteiger partial charge in [0.1, 0.15) is 10.4 Å². The van der Waals surface area contributed by atoms with Gasteiger partial charge in [0.2, 0.25) is 5.88 Å². The first kappa shape index (κ1) is 29.3. The molecular formula is C25H38N2O4S. The summed E-state index contributed by atoms with van der Waals surface area (Å²) in [7, 11) is 4.67. The summed E-state index contributed by atoms with van der Waals surface area (Å²) in [6.45, 7) is 14.3. The van der Waals surface area contributed by atoms with Crippen molar-refractivity contribution in [3.8, 4) is 16.5 Å². The van der Waals surface area contributed by atoms with E-state index in [2.05, 4.69) is 18.8 Å². The second-order valence-corrected chi connectivity index (χ2v) is 7.25. The Bertz CT molecular complexity index is 990. The van der Waals surface area contributed by atoms with E-state index in [0.717, 1.165) is 32.6 Å². The van der Waals surface area contributed by atoms with E-state index in [4.69, 9.17) is 9.47 Å². The normalized spacial score (nSPS) is 9.44. The van der Waals surface area contributed by atoms with Crippen molar-refractivity contribution >= 4 is 33.8 Å². The minimum atomic E-state index is -0.474. The van der Waals surface area contributed by atoms with E-state index < -0.39 is 5.97 Å². The highest BCUT2D eigenvalue weighted by atomic mass is 32.1. The van der Waals surface area contributed by atoms with E-state index in [0.29, 0.717) is 17.7 Å². The molecule has 0 amide bonds. The van der Waals surface area contributed by atoms with Gasteiger partial charge in [-0.3, -0.25) is 4.79 Å². The second kappa shape index (κ2) is 15.2. The van der Waals surface area contributed by atoms with Crippen LogP contribution in [0.25, 0.3) is 20.8 Å². The molecule has 3 rings (SSSR count). The zero-order valence-corrected chi connectivity index (χ0v) is 22.0. The topological polar surface area (TPSA) is 70.4 Å². The van der Waals surface area contributed by atoms with Gasteiger partial charge < -0.3 is 14.0 Å². The lowest BCUT2D eigenvalue weighted by molar-refractivity contribution is 0.0596. The Balaban J connectivity index is 0.00000124. The molecule has 0 atom stereocenters. The van der Waals surface area contributed by atoms with Crippen molar-refractivity contribution in [2.45, 2.75) is 61.3 Å². The molecule has 3 aromatic heterocycles. The summed E-state index contributed by atoms with van der Waals surface area (Å²) in [6, 6.07) is 5.63. The van der Waals surface area contributed by atoms with Crippen molar-refractivity contribution in [2.24, 2.45) is 7.05 Å². The zero-order chi connectivity index (χ0) is 24.8. The number of aryl methyl sites for hydroxylation is 2. The van der Waals surface area contributed by atoms with Crippen LogP contribution in [0, 0.1) is 0 Å². The van der Waals surface area contributed by atoms with Gasteiger partial charge in [-0.05, 0) is 30.2 Å². The summed E-state index contributed by atoms with van der Waals surface area (Å²) in [5.74, 6) is -0.234. The third kappa shape index (κ3) is 6.66. The first-order valence-electron chi connectivity index (χ1n) is 11.2. The third-order valence-corrected chi connectivity index (χ3v) is 5.37. The van der Waals surface area contributed by atoms with Crippen LogP contribution in [0.2, 0.25) is 0 Å². The molecule has 0 aliphatic heterocycles. The maximum absolute atomic E-state index is 11.9. The van der Waals surface area contributed by atoms with Crippen LogP contribution < -0.4 is 4.74 Å². The van der Waals surface area contributed by atoms with Crippen molar-refractivity contribution in [1.82, 2.24) is 9.55 Å². The number of hydrogen-bond donors (Lipinski definition) is 0. The Morgan fingerprint density at radius 2 is 1.69 bits per heavy atom. The maximum atomic E-state index is 11.9. The molecule has 7 heteroatoms. The van der Waals surface area contributed by atoms with E-state index in [1.807, 2.05) is 58.4 Å². The number of esters is 1. The molecule has 6 nitrogen and oxygen atoms in total. The molecule has 0 saturated carbocycles. The van der Waals surface area contributed by atoms with Crippen LogP contribution in [0.5, 0.6) is 5.88 Å². The van der Waals surface area contributed by atoms with Crippen molar-refractivity contribution < 1.29 is 19.1 Å². The monoisotopic (exact) mass is 462 g/mol. The maximum Gasteiger partial charge on any atom is 0.343 e. The quantitative estimate of drug-likeness (QED) is 0.303. The molecule has 178 valence electrons. The van der Waals surface area contributed by atoms with E-state index in [1.54, 1.807) is 17.4 Å². The van der Waals surface area contributed by atoms with E-state index in [1.165, 1.54) is 20.6 Å². The van der Waals surface area contributed by atoms with Crippen LogP contribution in [0.3, 0.4) is 0 Å². The van der Waals surface area contributed by atoms with Crippen LogP contribution in [-0.4, -0.2) is 36.0 Å². The SMILES string of the molecule is CC.CC.CCC.CCc1cc(C(=O)OC)c(OC)nc1-c1cc2cc(C=O)n(C)c2s1. The number of ether oxygens (including phenoxy) is 2. The van der Waals surface area contributed by atoms with Gasteiger partial charge in [0.05, 0.1) is 30.5 Å². The van der Waals surface area contributed by atoms with Gasteiger partial charge in [0, 0.05) is 12.4 Å². The summed E-state index contributed by atoms with van der Waals surface area (Å²) < 4.78 is 12.0. The highest BCUT2D eigenvalue weighted by Crippen LogP contribution is 2.37. The largest absolute Gasteiger partial charge is 0.480 e. The fraction of sp³-hybridized carbons (Fsp3) is 0.480. The van der Waals surface area contributed by atoms with Gasteiger partial charge in [-0.2, -0.15) is 0 Å². The molecule has 0 aromatic carbocycles. The average Bonchev–Trinajstić information content (AvgIpc) is 3.39. The van der Waals surface area contributed by atoms with Crippen LogP contribution in [0.4, 0.5) is 0 Å². The molecule has 3 heterocycles. The molecule has 0 unspecified atom stereocenters. The Hall–Kier alpha value is -2.67. The highest BCUT2D eigenvalue weighted by molar-refractivity contribution is 7.21. The van der Waals surface area contributed by atoms with Gasteiger partial charge >= 0.3 is 5.97 Å². The summed E-state index contributed by atoms with van der Waals surface area (Å²) in [4.78, 5) is 29.5. The standard InChI is InChI=1S/C18H18N2O4S.C3H8.2C2H6/c1-5-10-7-13(18(22)24-4)16(23-3)19-15(10)14-8-11-6-12(9-21)20(2)17(11)25-14;1-3-2;2*1-2/h6-9H,5H2,1-4H3;3H2,1-2H3;2*1-2H3. The Morgan fingerprint density at radius 1 is 1.09 bits per heavy atom. The summed E-state index contributed by atoms with van der Waals surface area (Å²) in [5.41, 5.74) is 2.66. The van der Waals surface area contributed by atoms with Crippen molar-refractivity contribution in [1.29, 1.82) is 0 Å². The number of rotatable bonds is 5. The fourth-order valence-electron chi connectivity index (χ4n) is 2.80. The number of hydrogen-bond acceptors (Lipinski definition) is 6. The fourth-order valence-corrected chi connectivity index (χ4v) is 3.94. The lowest BCUT2D eigenvalue weighted by atomic mass is 10.1. The molecule has 3 aromatic rings. The number of aldehydes is 1. The lowest BCUT2D eigenvalue weighted by Gasteiger charge is -2.11. The number of methoxy groups -OCH3 is 2. The number of carbonyl (C=O) groups is 2. The molecule has 0 N–H and O–H groups in total. The Morgan fingerprint density at radius 3 is 2.12 bits per heavy atom. The van der Waals surface area contributed by atoms with Crippen LogP contribution in [0.1, 0.15) is 81.3 Å². The van der Waals surface area contributed by atoms with Crippen LogP contribution in [0.15, 0.2) is 18.2 Å². The minimum Gasteiger partial charge on any atom is -0.480 e. The number of aromatic nitrogens is 2. The van der Waals surface area contributed by atoms with Crippen molar-refractivity contribution in [2.75, 3.05) is 14.2 Å². The number of thiophene rings is 1. The molecule has 0 spiro atoms. The minimum absolute atomic E-state index is 0.241. The molecule has 32 heavy (non-hydrogen) atoms. The molecule has 0 bridgehead atoms. The first-order valence-corrected chi connectivity index (χ1v) is 12.0. The molecular weight excluding hydrogens is 424 g/mol. The predicted octanol–water partition coefficient (Wildman–Crippen LogP) is 6.94. The molecule has 0 aliphatic rings. The van der Waals surface area contributed by atoms with Gasteiger partial charge in [-0.15, -0.1) is 11.3 Å². The van der Waals surface area contributed by atoms with Crippen molar-refractivity contribution in [3.63, 3.8) is 0 Å². The number of nitrogens with zero attached hydrogens (tertiary/aromatic N) is 2.